The minimum Gasteiger partial charge on any atom is -0.488 e. The summed E-state index contributed by atoms with van der Waals surface area (Å²) in [7, 11) is 1.92. The Hall–Kier alpha value is -2.31. The minimum absolute atomic E-state index is 0.0936. The molecule has 1 atom stereocenters. The largest absolute Gasteiger partial charge is 0.488 e. The van der Waals surface area contributed by atoms with E-state index in [0.717, 1.165) is 10.6 Å². The van der Waals surface area contributed by atoms with Gasteiger partial charge in [0.1, 0.15) is 25.4 Å². The Labute approximate surface area is 164 Å². The molecule has 0 fully saturated rings. The molecule has 0 spiro atoms. The van der Waals surface area contributed by atoms with Crippen molar-refractivity contribution in [1.29, 1.82) is 0 Å². The third-order valence-electron chi connectivity index (χ3n) is 4.21. The predicted molar refractivity (Wildman–Crippen MR) is 104 cm³/mol. The van der Waals surface area contributed by atoms with Gasteiger partial charge in [-0.15, -0.1) is 0 Å². The van der Waals surface area contributed by atoms with Crippen molar-refractivity contribution in [3.63, 3.8) is 0 Å². The molecule has 1 aromatic carbocycles. The molecule has 2 N–H and O–H groups in total. The molecular weight excluding hydrogens is 368 g/mol. The van der Waals surface area contributed by atoms with Gasteiger partial charge in [0, 0.05) is 16.4 Å². The summed E-state index contributed by atoms with van der Waals surface area (Å²) in [6.45, 7) is 6.95. The van der Waals surface area contributed by atoms with Crippen molar-refractivity contribution in [3.8, 4) is 5.75 Å². The number of quaternary nitrogens is 1. The van der Waals surface area contributed by atoms with E-state index >= 15 is 0 Å². The van der Waals surface area contributed by atoms with E-state index in [0.29, 0.717) is 40.7 Å². The second-order valence-electron chi connectivity index (χ2n) is 6.45. The van der Waals surface area contributed by atoms with Crippen LogP contribution in [0.2, 0.25) is 5.02 Å². The van der Waals surface area contributed by atoms with Crippen LogP contribution >= 0.6 is 11.6 Å². The summed E-state index contributed by atoms with van der Waals surface area (Å²) < 4.78 is 10.8. The third-order valence-corrected chi connectivity index (χ3v) is 4.46. The highest BCUT2D eigenvalue weighted by molar-refractivity contribution is 6.30. The van der Waals surface area contributed by atoms with Crippen LogP contribution in [0.4, 0.5) is 0 Å². The summed E-state index contributed by atoms with van der Waals surface area (Å²) in [5, 5.41) is 0.658. The third kappa shape index (κ3) is 5.58. The van der Waals surface area contributed by atoms with Crippen LogP contribution in [-0.2, 0) is 4.74 Å². The number of aromatic nitrogens is 1. The minimum atomic E-state index is -0.466. The van der Waals surface area contributed by atoms with E-state index in [4.69, 9.17) is 21.1 Å². The van der Waals surface area contributed by atoms with Crippen LogP contribution in [-0.4, -0.2) is 50.1 Å². The molecular formula is C20H26ClN2O4+. The fraction of sp³-hybridized carbons (Fsp3) is 0.400. The zero-order valence-electron chi connectivity index (χ0n) is 16.1. The van der Waals surface area contributed by atoms with Crippen molar-refractivity contribution < 1.29 is 24.0 Å². The number of benzene rings is 1. The van der Waals surface area contributed by atoms with E-state index < -0.39 is 5.97 Å². The lowest BCUT2D eigenvalue weighted by atomic mass is 10.0. The van der Waals surface area contributed by atoms with E-state index in [1.807, 2.05) is 7.05 Å². The smallest absolute Gasteiger partial charge is 0.340 e. The van der Waals surface area contributed by atoms with Gasteiger partial charge in [0.05, 0.1) is 24.8 Å². The lowest BCUT2D eigenvalue weighted by Crippen LogP contribution is -3.10. The Morgan fingerprint density at radius 3 is 2.37 bits per heavy atom. The highest BCUT2D eigenvalue weighted by Crippen LogP contribution is 2.20. The van der Waals surface area contributed by atoms with Crippen molar-refractivity contribution in [2.24, 2.45) is 0 Å². The first-order valence-corrected chi connectivity index (χ1v) is 9.30. The molecule has 1 unspecified atom stereocenters. The molecule has 0 amide bonds. The molecule has 146 valence electrons. The molecule has 6 nitrogen and oxygen atoms in total. The molecule has 2 aromatic rings. The fourth-order valence-electron chi connectivity index (χ4n) is 2.91. The number of ether oxygens (including phenoxy) is 2. The first-order chi connectivity index (χ1) is 12.8. The second-order valence-corrected chi connectivity index (χ2v) is 6.89. The van der Waals surface area contributed by atoms with Gasteiger partial charge in [0.2, 0.25) is 5.78 Å². The molecule has 0 bridgehead atoms. The quantitative estimate of drug-likeness (QED) is 0.506. The van der Waals surface area contributed by atoms with E-state index in [1.165, 1.54) is 0 Å². The van der Waals surface area contributed by atoms with E-state index in [2.05, 4.69) is 4.98 Å². The number of H-pyrrole nitrogens is 1. The Balaban J connectivity index is 1.96. The van der Waals surface area contributed by atoms with Crippen molar-refractivity contribution in [3.05, 3.63) is 51.8 Å². The average molecular weight is 394 g/mol. The zero-order chi connectivity index (χ0) is 20.0. The number of nitrogens with one attached hydrogen (secondary N) is 2. The number of hydrogen-bond donors (Lipinski definition) is 2. The number of carbonyl (C=O) groups excluding carboxylic acids is 2. The average Bonchev–Trinajstić information content (AvgIpc) is 2.91. The van der Waals surface area contributed by atoms with Crippen LogP contribution in [0, 0.1) is 13.8 Å². The van der Waals surface area contributed by atoms with Crippen LogP contribution in [0.15, 0.2) is 24.3 Å². The second kappa shape index (κ2) is 9.58. The standard InChI is InChI=1S/C20H25ClN2O4/c1-5-26-20(25)19-14(3)22-13(2)18(19)17(24)12-23(4)10-11-27-16-8-6-15(21)7-9-16/h6-9,22H,5,10-12H2,1-4H3/p+1. The monoisotopic (exact) mass is 393 g/mol. The number of aromatic amines is 1. The summed E-state index contributed by atoms with van der Waals surface area (Å²) in [5.74, 6) is 0.176. The molecule has 0 aliphatic carbocycles. The van der Waals surface area contributed by atoms with Crippen molar-refractivity contribution in [1.82, 2.24) is 4.98 Å². The number of aryl methyl sites for hydroxylation is 2. The molecule has 27 heavy (non-hydrogen) atoms. The molecule has 1 heterocycles. The molecule has 7 heteroatoms. The van der Waals surface area contributed by atoms with Gasteiger partial charge in [0.25, 0.3) is 0 Å². The van der Waals surface area contributed by atoms with Crippen LogP contribution in [0.1, 0.15) is 39.0 Å². The lowest BCUT2D eigenvalue weighted by Gasteiger charge is -2.14. The van der Waals surface area contributed by atoms with Gasteiger partial charge in [-0.25, -0.2) is 4.79 Å². The van der Waals surface area contributed by atoms with Crippen LogP contribution in [0.5, 0.6) is 5.75 Å². The van der Waals surface area contributed by atoms with Gasteiger partial charge in [-0.3, -0.25) is 4.79 Å². The summed E-state index contributed by atoms with van der Waals surface area (Å²) in [4.78, 5) is 29.1. The van der Waals surface area contributed by atoms with Crippen molar-refractivity contribution in [2.75, 3.05) is 33.4 Å². The van der Waals surface area contributed by atoms with Gasteiger partial charge in [-0.2, -0.15) is 0 Å². The molecule has 2 rings (SSSR count). The highest BCUT2D eigenvalue weighted by atomic mass is 35.5. The molecule has 0 aliphatic heterocycles. The molecule has 0 radical (unpaired) electrons. The maximum atomic E-state index is 12.8. The predicted octanol–water partition coefficient (Wildman–Crippen LogP) is 2.24. The van der Waals surface area contributed by atoms with Crippen molar-refractivity contribution >= 4 is 23.4 Å². The van der Waals surface area contributed by atoms with E-state index in [-0.39, 0.29) is 18.9 Å². The van der Waals surface area contributed by atoms with Crippen molar-refractivity contribution in [2.45, 2.75) is 20.8 Å². The first kappa shape index (κ1) is 21.0. The van der Waals surface area contributed by atoms with Gasteiger partial charge >= 0.3 is 5.97 Å². The molecule has 0 saturated carbocycles. The van der Waals surface area contributed by atoms with Crippen LogP contribution < -0.4 is 9.64 Å². The lowest BCUT2D eigenvalue weighted by molar-refractivity contribution is -0.870. The van der Waals surface area contributed by atoms with Crippen LogP contribution in [0.25, 0.3) is 0 Å². The summed E-state index contributed by atoms with van der Waals surface area (Å²) in [5.41, 5.74) is 2.09. The van der Waals surface area contributed by atoms with Gasteiger partial charge in [-0.1, -0.05) is 11.6 Å². The maximum Gasteiger partial charge on any atom is 0.340 e. The van der Waals surface area contributed by atoms with Gasteiger partial charge in [0.15, 0.2) is 0 Å². The van der Waals surface area contributed by atoms with Crippen LogP contribution in [0.3, 0.4) is 0 Å². The highest BCUT2D eigenvalue weighted by Gasteiger charge is 2.27. The number of hydrogen-bond acceptors (Lipinski definition) is 4. The molecule has 0 saturated heterocycles. The van der Waals surface area contributed by atoms with E-state index in [9.17, 15) is 9.59 Å². The number of rotatable bonds is 9. The normalized spacial score (nSPS) is 11.9. The first-order valence-electron chi connectivity index (χ1n) is 8.92. The number of halogens is 1. The summed E-state index contributed by atoms with van der Waals surface area (Å²) >= 11 is 5.85. The zero-order valence-corrected chi connectivity index (χ0v) is 16.9. The number of ketones is 1. The number of carbonyl (C=O) groups is 2. The Morgan fingerprint density at radius 2 is 1.74 bits per heavy atom. The van der Waals surface area contributed by atoms with Gasteiger partial charge < -0.3 is 19.4 Å². The fourth-order valence-corrected chi connectivity index (χ4v) is 3.04. The molecule has 1 aromatic heterocycles. The Morgan fingerprint density at radius 1 is 1.11 bits per heavy atom. The Kier molecular flexibility index (Phi) is 7.45. The number of esters is 1. The summed E-state index contributed by atoms with van der Waals surface area (Å²) in [6.07, 6.45) is 0. The number of Topliss-reactive ketones (excluding diaryl/α,β-unsaturated/α-hetero) is 1. The van der Waals surface area contributed by atoms with Gasteiger partial charge in [-0.05, 0) is 45.0 Å². The topological polar surface area (TPSA) is 72.8 Å². The molecule has 0 aliphatic rings. The number of likely N-dealkylation sites (N-methyl/N-ethyl adjacent to an activating group) is 1. The SMILES string of the molecule is CCOC(=O)c1c(C)[nH]c(C)c1C(=O)C[NH+](C)CCOc1ccc(Cl)cc1. The summed E-state index contributed by atoms with van der Waals surface area (Å²) in [6, 6.07) is 7.15. The van der Waals surface area contributed by atoms with E-state index in [1.54, 1.807) is 45.0 Å². The maximum absolute atomic E-state index is 12.8. The Bertz CT molecular complexity index is 799.